The van der Waals surface area contributed by atoms with Crippen molar-refractivity contribution >= 4 is 15.9 Å². The monoisotopic (exact) mass is 341 g/mol. The lowest BCUT2D eigenvalue weighted by Gasteiger charge is -2.33. The van der Waals surface area contributed by atoms with Crippen molar-refractivity contribution in [1.29, 1.82) is 0 Å². The highest BCUT2D eigenvalue weighted by molar-refractivity contribution is 9.10. The van der Waals surface area contributed by atoms with Crippen molar-refractivity contribution in [3.8, 4) is 11.5 Å². The molecule has 20 heavy (non-hydrogen) atoms. The molecule has 0 aromatic heterocycles. The van der Waals surface area contributed by atoms with Crippen LogP contribution in [0.5, 0.6) is 11.5 Å². The van der Waals surface area contributed by atoms with Gasteiger partial charge in [-0.15, -0.1) is 0 Å². The highest BCUT2D eigenvalue weighted by atomic mass is 79.9. The SMILES string of the molecule is CCCNC1CCC(C)c2c(OC)cc(Br)c(OC)c21. The Morgan fingerprint density at radius 3 is 2.60 bits per heavy atom. The zero-order chi connectivity index (χ0) is 14.7. The van der Waals surface area contributed by atoms with Crippen molar-refractivity contribution in [3.05, 3.63) is 21.7 Å². The number of nitrogens with one attached hydrogen (secondary N) is 1. The van der Waals surface area contributed by atoms with Crippen LogP contribution in [0.1, 0.15) is 56.2 Å². The number of fused-ring (bicyclic) bond motifs is 1. The summed E-state index contributed by atoms with van der Waals surface area (Å²) in [7, 11) is 3.48. The number of ether oxygens (including phenoxy) is 2. The van der Waals surface area contributed by atoms with Crippen LogP contribution in [0.25, 0.3) is 0 Å². The number of methoxy groups -OCH3 is 2. The summed E-state index contributed by atoms with van der Waals surface area (Å²) in [5, 5.41) is 3.64. The van der Waals surface area contributed by atoms with Gasteiger partial charge in [-0.1, -0.05) is 13.8 Å². The molecule has 112 valence electrons. The van der Waals surface area contributed by atoms with Crippen LogP contribution in [-0.4, -0.2) is 20.8 Å². The molecule has 0 aliphatic heterocycles. The van der Waals surface area contributed by atoms with Crippen LogP contribution < -0.4 is 14.8 Å². The summed E-state index contributed by atoms with van der Waals surface area (Å²) < 4.78 is 12.2. The van der Waals surface area contributed by atoms with E-state index in [4.69, 9.17) is 9.47 Å². The quantitative estimate of drug-likeness (QED) is 0.860. The van der Waals surface area contributed by atoms with E-state index in [1.807, 2.05) is 6.07 Å². The molecule has 1 aliphatic carbocycles. The molecule has 0 heterocycles. The fourth-order valence-electron chi connectivity index (χ4n) is 3.10. The fourth-order valence-corrected chi connectivity index (χ4v) is 3.68. The predicted molar refractivity (Wildman–Crippen MR) is 85.9 cm³/mol. The molecule has 2 atom stereocenters. The van der Waals surface area contributed by atoms with E-state index in [0.717, 1.165) is 35.4 Å². The molecule has 0 spiro atoms. The molecule has 4 heteroatoms. The topological polar surface area (TPSA) is 30.5 Å². The third-order valence-corrected chi connectivity index (χ3v) is 4.66. The van der Waals surface area contributed by atoms with Gasteiger partial charge >= 0.3 is 0 Å². The summed E-state index contributed by atoms with van der Waals surface area (Å²) in [4.78, 5) is 0. The first-order chi connectivity index (χ1) is 9.63. The Morgan fingerprint density at radius 1 is 1.25 bits per heavy atom. The third kappa shape index (κ3) is 2.82. The smallest absolute Gasteiger partial charge is 0.138 e. The summed E-state index contributed by atoms with van der Waals surface area (Å²) in [6, 6.07) is 2.37. The second kappa shape index (κ2) is 6.81. The molecule has 1 N–H and O–H groups in total. The van der Waals surface area contributed by atoms with E-state index in [2.05, 4.69) is 35.1 Å². The zero-order valence-corrected chi connectivity index (χ0v) is 14.3. The lowest BCUT2D eigenvalue weighted by molar-refractivity contribution is 0.355. The van der Waals surface area contributed by atoms with Crippen molar-refractivity contribution in [2.24, 2.45) is 0 Å². The molecule has 1 aliphatic rings. The summed E-state index contributed by atoms with van der Waals surface area (Å²) >= 11 is 3.61. The Balaban J connectivity index is 2.56. The van der Waals surface area contributed by atoms with Crippen LogP contribution in [0.3, 0.4) is 0 Å². The van der Waals surface area contributed by atoms with E-state index in [0.29, 0.717) is 12.0 Å². The van der Waals surface area contributed by atoms with E-state index in [9.17, 15) is 0 Å². The van der Waals surface area contributed by atoms with Crippen LogP contribution in [0.4, 0.5) is 0 Å². The van der Waals surface area contributed by atoms with Crippen molar-refractivity contribution in [1.82, 2.24) is 5.32 Å². The van der Waals surface area contributed by atoms with Gasteiger partial charge in [0.1, 0.15) is 11.5 Å². The number of benzene rings is 1. The Bertz CT molecular complexity index is 476. The van der Waals surface area contributed by atoms with Crippen molar-refractivity contribution in [2.75, 3.05) is 20.8 Å². The van der Waals surface area contributed by atoms with Crippen LogP contribution >= 0.6 is 15.9 Å². The lowest BCUT2D eigenvalue weighted by Crippen LogP contribution is -2.28. The van der Waals surface area contributed by atoms with Gasteiger partial charge in [-0.05, 0) is 53.7 Å². The van der Waals surface area contributed by atoms with Gasteiger partial charge in [-0.3, -0.25) is 0 Å². The van der Waals surface area contributed by atoms with Crippen LogP contribution in [-0.2, 0) is 0 Å². The van der Waals surface area contributed by atoms with Crippen molar-refractivity contribution < 1.29 is 9.47 Å². The summed E-state index contributed by atoms with van der Waals surface area (Å²) in [5.41, 5.74) is 2.57. The van der Waals surface area contributed by atoms with E-state index in [1.54, 1.807) is 14.2 Å². The molecule has 0 radical (unpaired) electrons. The minimum absolute atomic E-state index is 0.350. The molecular weight excluding hydrogens is 318 g/mol. The molecule has 1 aromatic rings. The second-order valence-corrected chi connectivity index (χ2v) is 6.26. The fraction of sp³-hybridized carbons (Fsp3) is 0.625. The first kappa shape index (κ1) is 15.6. The molecule has 0 saturated heterocycles. The van der Waals surface area contributed by atoms with Gasteiger partial charge in [-0.25, -0.2) is 0 Å². The van der Waals surface area contributed by atoms with E-state index < -0.39 is 0 Å². The molecular formula is C16H24BrNO2. The minimum Gasteiger partial charge on any atom is -0.496 e. The van der Waals surface area contributed by atoms with Gasteiger partial charge in [-0.2, -0.15) is 0 Å². The van der Waals surface area contributed by atoms with Gasteiger partial charge in [0.15, 0.2) is 0 Å². The Morgan fingerprint density at radius 2 is 2.00 bits per heavy atom. The average molecular weight is 342 g/mol. The van der Waals surface area contributed by atoms with E-state index in [1.165, 1.54) is 17.5 Å². The Hall–Kier alpha value is -0.740. The van der Waals surface area contributed by atoms with Crippen molar-refractivity contribution in [3.63, 3.8) is 0 Å². The maximum atomic E-state index is 5.66. The lowest BCUT2D eigenvalue weighted by atomic mass is 9.79. The highest BCUT2D eigenvalue weighted by Crippen LogP contribution is 2.49. The maximum absolute atomic E-state index is 5.66. The maximum Gasteiger partial charge on any atom is 0.138 e. The minimum atomic E-state index is 0.350. The third-order valence-electron chi connectivity index (χ3n) is 4.07. The number of halogens is 1. The highest BCUT2D eigenvalue weighted by Gasteiger charge is 2.31. The van der Waals surface area contributed by atoms with Crippen LogP contribution in [0.2, 0.25) is 0 Å². The number of rotatable bonds is 5. The normalized spacial score (nSPS) is 21.4. The van der Waals surface area contributed by atoms with Crippen LogP contribution in [0, 0.1) is 0 Å². The van der Waals surface area contributed by atoms with Gasteiger partial charge in [0.2, 0.25) is 0 Å². The van der Waals surface area contributed by atoms with Crippen LogP contribution in [0.15, 0.2) is 10.5 Å². The van der Waals surface area contributed by atoms with E-state index >= 15 is 0 Å². The zero-order valence-electron chi connectivity index (χ0n) is 12.8. The molecule has 2 unspecified atom stereocenters. The molecule has 0 bridgehead atoms. The van der Waals surface area contributed by atoms with Gasteiger partial charge in [0, 0.05) is 17.2 Å². The van der Waals surface area contributed by atoms with Gasteiger partial charge < -0.3 is 14.8 Å². The average Bonchev–Trinajstić information content (AvgIpc) is 2.45. The summed E-state index contributed by atoms with van der Waals surface area (Å²) in [6.45, 7) is 5.49. The van der Waals surface area contributed by atoms with Gasteiger partial charge in [0.05, 0.1) is 18.7 Å². The predicted octanol–water partition coefficient (Wildman–Crippen LogP) is 4.40. The first-order valence-corrected chi connectivity index (χ1v) is 8.10. The summed E-state index contributed by atoms with van der Waals surface area (Å²) in [6.07, 6.45) is 3.45. The Labute approximate surface area is 130 Å². The second-order valence-electron chi connectivity index (χ2n) is 5.41. The largest absolute Gasteiger partial charge is 0.496 e. The molecule has 0 fully saturated rings. The molecule has 2 rings (SSSR count). The molecule has 3 nitrogen and oxygen atoms in total. The first-order valence-electron chi connectivity index (χ1n) is 7.31. The standard InChI is InChI=1S/C16H24BrNO2/c1-5-8-18-12-7-6-10(2)14-13(19-3)9-11(17)16(20-4)15(12)14/h9-10,12,18H,5-8H2,1-4H3. The molecule has 1 aromatic carbocycles. The van der Waals surface area contributed by atoms with E-state index in [-0.39, 0.29) is 0 Å². The number of hydrogen-bond donors (Lipinski definition) is 1. The number of hydrogen-bond acceptors (Lipinski definition) is 3. The molecule has 0 amide bonds. The summed E-state index contributed by atoms with van der Waals surface area (Å²) in [5.74, 6) is 2.41. The molecule has 0 saturated carbocycles. The Kier molecular flexibility index (Phi) is 5.33. The van der Waals surface area contributed by atoms with Gasteiger partial charge in [0.25, 0.3) is 0 Å². The van der Waals surface area contributed by atoms with Crippen molar-refractivity contribution in [2.45, 2.75) is 45.1 Å².